The maximum atomic E-state index is 12.6. The molecule has 0 unspecified atom stereocenters. The second-order valence-corrected chi connectivity index (χ2v) is 8.06. The van der Waals surface area contributed by atoms with Crippen molar-refractivity contribution in [2.24, 2.45) is 0 Å². The first-order valence-corrected chi connectivity index (χ1v) is 9.98. The number of fused-ring (bicyclic) bond motifs is 1. The van der Waals surface area contributed by atoms with Crippen LogP contribution in [0.25, 0.3) is 22.4 Å². The Morgan fingerprint density at radius 1 is 0.931 bits per heavy atom. The summed E-state index contributed by atoms with van der Waals surface area (Å²) in [5, 5.41) is 4.34. The van der Waals surface area contributed by atoms with Crippen molar-refractivity contribution in [2.75, 3.05) is 5.32 Å². The second kappa shape index (κ2) is 7.71. The van der Waals surface area contributed by atoms with E-state index in [0.717, 1.165) is 39.2 Å². The minimum absolute atomic E-state index is 0.253. The predicted molar refractivity (Wildman–Crippen MR) is 120 cm³/mol. The van der Waals surface area contributed by atoms with Crippen LogP contribution >= 0.6 is 34.8 Å². The number of rotatable bonds is 3. The SMILES string of the molecule is Cc1cc(-c2nc3ccc(Cl)cc3[nH]2)c(C)cc1NC(=O)c1ccc(Cl)c(Cl)c1. The molecule has 4 nitrogen and oxygen atoms in total. The van der Waals surface area contributed by atoms with E-state index in [1.54, 1.807) is 18.2 Å². The second-order valence-electron chi connectivity index (χ2n) is 6.81. The maximum Gasteiger partial charge on any atom is 0.255 e. The standard InChI is InChI=1S/C22H16Cl3N3O/c1-11-8-19(28-22(29)13-3-5-16(24)17(25)9-13)12(2)7-15(11)21-26-18-6-4-14(23)10-20(18)27-21/h3-10H,1-2H3,(H,26,27)(H,28,29). The van der Waals surface area contributed by atoms with Gasteiger partial charge in [0.15, 0.2) is 0 Å². The summed E-state index contributed by atoms with van der Waals surface area (Å²) in [6.07, 6.45) is 0. The van der Waals surface area contributed by atoms with Gasteiger partial charge in [0.1, 0.15) is 5.82 Å². The highest BCUT2D eigenvalue weighted by Gasteiger charge is 2.14. The zero-order valence-corrected chi connectivity index (χ0v) is 17.9. The van der Waals surface area contributed by atoms with E-state index in [1.165, 1.54) is 0 Å². The minimum Gasteiger partial charge on any atom is -0.338 e. The molecule has 0 aliphatic rings. The van der Waals surface area contributed by atoms with Gasteiger partial charge < -0.3 is 10.3 Å². The van der Waals surface area contributed by atoms with Gasteiger partial charge in [-0.05, 0) is 73.5 Å². The van der Waals surface area contributed by atoms with Gasteiger partial charge in [-0.2, -0.15) is 0 Å². The number of nitrogens with zero attached hydrogens (tertiary/aromatic N) is 1. The van der Waals surface area contributed by atoms with Crippen LogP contribution < -0.4 is 5.32 Å². The van der Waals surface area contributed by atoms with Crippen molar-refractivity contribution < 1.29 is 4.79 Å². The normalized spacial score (nSPS) is 11.1. The molecule has 0 bridgehead atoms. The number of aryl methyl sites for hydroxylation is 2. The van der Waals surface area contributed by atoms with E-state index >= 15 is 0 Å². The first-order valence-electron chi connectivity index (χ1n) is 8.85. The number of imidazole rings is 1. The molecule has 2 N–H and O–H groups in total. The number of hydrogen-bond donors (Lipinski definition) is 2. The van der Waals surface area contributed by atoms with Crippen LogP contribution in [-0.4, -0.2) is 15.9 Å². The zero-order chi connectivity index (χ0) is 20.7. The number of aromatic amines is 1. The van der Waals surface area contributed by atoms with E-state index in [9.17, 15) is 4.79 Å². The van der Waals surface area contributed by atoms with E-state index in [1.807, 2.05) is 44.2 Å². The van der Waals surface area contributed by atoms with Crippen LogP contribution in [0.15, 0.2) is 48.5 Å². The number of H-pyrrole nitrogens is 1. The number of hydrogen-bond acceptors (Lipinski definition) is 2. The molecule has 0 saturated carbocycles. The molecule has 1 amide bonds. The lowest BCUT2D eigenvalue weighted by Crippen LogP contribution is -2.13. The third-order valence-corrected chi connectivity index (χ3v) is 5.67. The highest BCUT2D eigenvalue weighted by molar-refractivity contribution is 6.42. The lowest BCUT2D eigenvalue weighted by Gasteiger charge is -2.13. The average molecular weight is 445 g/mol. The summed E-state index contributed by atoms with van der Waals surface area (Å²) < 4.78 is 0. The molecule has 146 valence electrons. The van der Waals surface area contributed by atoms with Crippen molar-refractivity contribution in [3.8, 4) is 11.4 Å². The van der Waals surface area contributed by atoms with E-state index < -0.39 is 0 Å². The van der Waals surface area contributed by atoms with E-state index in [4.69, 9.17) is 34.8 Å². The summed E-state index contributed by atoms with van der Waals surface area (Å²) in [6.45, 7) is 3.91. The van der Waals surface area contributed by atoms with Crippen LogP contribution in [-0.2, 0) is 0 Å². The average Bonchev–Trinajstić information content (AvgIpc) is 3.09. The lowest BCUT2D eigenvalue weighted by atomic mass is 10.0. The number of nitrogens with one attached hydrogen (secondary N) is 2. The van der Waals surface area contributed by atoms with Crippen molar-refractivity contribution in [2.45, 2.75) is 13.8 Å². The summed E-state index contributed by atoms with van der Waals surface area (Å²) in [6, 6.07) is 14.3. The third-order valence-electron chi connectivity index (χ3n) is 4.70. The predicted octanol–water partition coefficient (Wildman–Crippen LogP) is 7.06. The first kappa shape index (κ1) is 19.8. The Balaban J connectivity index is 1.65. The molecule has 0 radical (unpaired) electrons. The van der Waals surface area contributed by atoms with Crippen LogP contribution in [0.2, 0.25) is 15.1 Å². The molecule has 0 fully saturated rings. The number of amides is 1. The number of benzene rings is 3. The molecule has 0 saturated heterocycles. The van der Waals surface area contributed by atoms with Crippen molar-refractivity contribution in [1.82, 2.24) is 9.97 Å². The van der Waals surface area contributed by atoms with Crippen molar-refractivity contribution in [3.05, 3.63) is 80.3 Å². The summed E-state index contributed by atoms with van der Waals surface area (Å²) in [7, 11) is 0. The number of aromatic nitrogens is 2. The molecule has 29 heavy (non-hydrogen) atoms. The van der Waals surface area contributed by atoms with E-state index in [-0.39, 0.29) is 5.91 Å². The Labute approximate surface area is 182 Å². The molecule has 0 aliphatic carbocycles. The number of halogens is 3. The molecule has 0 spiro atoms. The Morgan fingerprint density at radius 2 is 1.72 bits per heavy atom. The Hall–Kier alpha value is -2.53. The van der Waals surface area contributed by atoms with Crippen LogP contribution in [0.1, 0.15) is 21.5 Å². The van der Waals surface area contributed by atoms with Gasteiger partial charge in [-0.15, -0.1) is 0 Å². The van der Waals surface area contributed by atoms with Gasteiger partial charge in [0.25, 0.3) is 5.91 Å². The molecular weight excluding hydrogens is 429 g/mol. The quantitative estimate of drug-likeness (QED) is 0.355. The van der Waals surface area contributed by atoms with Gasteiger partial charge in [-0.3, -0.25) is 4.79 Å². The summed E-state index contributed by atoms with van der Waals surface area (Å²) in [5.74, 6) is 0.502. The van der Waals surface area contributed by atoms with Gasteiger partial charge in [-0.1, -0.05) is 34.8 Å². The molecule has 3 aromatic carbocycles. The van der Waals surface area contributed by atoms with Crippen LogP contribution in [0.3, 0.4) is 0 Å². The monoisotopic (exact) mass is 443 g/mol. The highest BCUT2D eigenvalue weighted by atomic mass is 35.5. The topological polar surface area (TPSA) is 57.8 Å². The molecule has 0 aliphatic heterocycles. The number of anilines is 1. The van der Waals surface area contributed by atoms with E-state index in [2.05, 4.69) is 15.3 Å². The Bertz CT molecular complexity index is 1260. The van der Waals surface area contributed by atoms with Crippen LogP contribution in [0.5, 0.6) is 0 Å². The van der Waals surface area contributed by atoms with Crippen molar-refractivity contribution in [3.63, 3.8) is 0 Å². The fourth-order valence-electron chi connectivity index (χ4n) is 3.15. The third kappa shape index (κ3) is 3.97. The summed E-state index contributed by atoms with van der Waals surface area (Å²) in [5.41, 5.74) is 5.74. The smallest absolute Gasteiger partial charge is 0.255 e. The fraction of sp³-hybridized carbons (Fsp3) is 0.0909. The summed E-state index contributed by atoms with van der Waals surface area (Å²) >= 11 is 18.0. The Morgan fingerprint density at radius 3 is 2.48 bits per heavy atom. The number of carbonyl (C=O) groups excluding carboxylic acids is 1. The van der Waals surface area contributed by atoms with Gasteiger partial charge >= 0.3 is 0 Å². The van der Waals surface area contributed by atoms with E-state index in [0.29, 0.717) is 20.6 Å². The first-order chi connectivity index (χ1) is 13.8. The summed E-state index contributed by atoms with van der Waals surface area (Å²) in [4.78, 5) is 20.6. The molecule has 4 aromatic rings. The molecule has 1 aromatic heterocycles. The van der Waals surface area contributed by atoms with Gasteiger partial charge in [0, 0.05) is 21.8 Å². The van der Waals surface area contributed by atoms with Crippen LogP contribution in [0.4, 0.5) is 5.69 Å². The number of carbonyl (C=O) groups is 1. The van der Waals surface area contributed by atoms with Gasteiger partial charge in [0.05, 0.1) is 21.1 Å². The largest absolute Gasteiger partial charge is 0.338 e. The van der Waals surface area contributed by atoms with Crippen molar-refractivity contribution >= 4 is 57.4 Å². The molecule has 7 heteroatoms. The fourth-order valence-corrected chi connectivity index (χ4v) is 3.62. The molecule has 1 heterocycles. The maximum absolute atomic E-state index is 12.6. The lowest BCUT2D eigenvalue weighted by molar-refractivity contribution is 0.102. The molecule has 4 rings (SSSR count). The van der Waals surface area contributed by atoms with Crippen molar-refractivity contribution in [1.29, 1.82) is 0 Å². The highest BCUT2D eigenvalue weighted by Crippen LogP contribution is 2.30. The van der Waals surface area contributed by atoms with Crippen LogP contribution in [0, 0.1) is 13.8 Å². The van der Waals surface area contributed by atoms with Gasteiger partial charge in [-0.25, -0.2) is 4.98 Å². The minimum atomic E-state index is -0.253. The Kier molecular flexibility index (Phi) is 5.26. The molecule has 0 atom stereocenters. The molecular formula is C22H16Cl3N3O. The zero-order valence-electron chi connectivity index (χ0n) is 15.6. The van der Waals surface area contributed by atoms with Gasteiger partial charge in [0.2, 0.25) is 0 Å².